The standard InChI is InChI=1S/C15H20N2O3/c18-11-15(6-7-15)10-17-14(20)9-16-13(19)8-12-4-2-1-3-5-12/h1-5,18H,6-11H2,(H,16,19)(H,17,20). The summed E-state index contributed by atoms with van der Waals surface area (Å²) in [5.74, 6) is -0.388. The van der Waals surface area contributed by atoms with E-state index < -0.39 is 0 Å². The number of carbonyl (C=O) groups is 2. The Hall–Kier alpha value is -1.88. The molecule has 1 fully saturated rings. The Balaban J connectivity index is 1.64. The summed E-state index contributed by atoms with van der Waals surface area (Å²) in [5, 5.41) is 14.5. The predicted molar refractivity (Wildman–Crippen MR) is 74.9 cm³/mol. The zero-order valence-electron chi connectivity index (χ0n) is 11.4. The summed E-state index contributed by atoms with van der Waals surface area (Å²) in [7, 11) is 0. The second-order valence-corrected chi connectivity index (χ2v) is 5.37. The Morgan fingerprint density at radius 1 is 1.10 bits per heavy atom. The highest BCUT2D eigenvalue weighted by atomic mass is 16.3. The molecule has 0 aliphatic heterocycles. The van der Waals surface area contributed by atoms with Gasteiger partial charge in [0.1, 0.15) is 0 Å². The Labute approximate surface area is 118 Å². The van der Waals surface area contributed by atoms with Crippen molar-refractivity contribution < 1.29 is 14.7 Å². The maximum Gasteiger partial charge on any atom is 0.239 e. The van der Waals surface area contributed by atoms with Gasteiger partial charge in [0.05, 0.1) is 19.6 Å². The summed E-state index contributed by atoms with van der Waals surface area (Å²) >= 11 is 0. The van der Waals surface area contributed by atoms with Crippen molar-refractivity contribution in [3.8, 4) is 0 Å². The number of hydrogen-bond acceptors (Lipinski definition) is 3. The van der Waals surface area contributed by atoms with E-state index >= 15 is 0 Å². The van der Waals surface area contributed by atoms with E-state index in [1.165, 1.54) is 0 Å². The van der Waals surface area contributed by atoms with Crippen molar-refractivity contribution in [2.45, 2.75) is 19.3 Å². The third kappa shape index (κ3) is 4.35. The summed E-state index contributed by atoms with van der Waals surface area (Å²) in [4.78, 5) is 23.2. The average molecular weight is 276 g/mol. The molecule has 2 rings (SSSR count). The SMILES string of the molecule is O=C(CNC(=O)Cc1ccccc1)NCC1(CO)CC1. The molecule has 0 aromatic heterocycles. The molecule has 0 atom stereocenters. The minimum Gasteiger partial charge on any atom is -0.396 e. The van der Waals surface area contributed by atoms with Crippen LogP contribution in [0, 0.1) is 5.41 Å². The van der Waals surface area contributed by atoms with Gasteiger partial charge < -0.3 is 15.7 Å². The lowest BCUT2D eigenvalue weighted by Gasteiger charge is -2.13. The van der Waals surface area contributed by atoms with Gasteiger partial charge in [-0.3, -0.25) is 9.59 Å². The number of carbonyl (C=O) groups excluding carboxylic acids is 2. The summed E-state index contributed by atoms with van der Waals surface area (Å²) in [5.41, 5.74) is 0.812. The molecule has 0 heterocycles. The lowest BCUT2D eigenvalue weighted by atomic mass is 10.1. The minimum absolute atomic E-state index is 0.0207. The third-order valence-corrected chi connectivity index (χ3v) is 3.61. The molecule has 0 unspecified atom stereocenters. The Morgan fingerprint density at radius 3 is 2.40 bits per heavy atom. The van der Waals surface area contributed by atoms with Gasteiger partial charge in [0.2, 0.25) is 11.8 Å². The smallest absolute Gasteiger partial charge is 0.239 e. The first-order valence-electron chi connectivity index (χ1n) is 6.82. The van der Waals surface area contributed by atoms with Gasteiger partial charge >= 0.3 is 0 Å². The van der Waals surface area contributed by atoms with Crippen LogP contribution >= 0.6 is 0 Å². The van der Waals surface area contributed by atoms with Gasteiger partial charge in [-0.2, -0.15) is 0 Å². The molecule has 5 nitrogen and oxygen atoms in total. The van der Waals surface area contributed by atoms with Crippen LogP contribution in [0.15, 0.2) is 30.3 Å². The molecular weight excluding hydrogens is 256 g/mol. The molecule has 2 amide bonds. The van der Waals surface area contributed by atoms with E-state index in [9.17, 15) is 9.59 Å². The second-order valence-electron chi connectivity index (χ2n) is 5.37. The molecule has 0 bridgehead atoms. The largest absolute Gasteiger partial charge is 0.396 e. The van der Waals surface area contributed by atoms with Gasteiger partial charge in [-0.1, -0.05) is 30.3 Å². The van der Waals surface area contributed by atoms with Crippen LogP contribution in [0.5, 0.6) is 0 Å². The van der Waals surface area contributed by atoms with Crippen LogP contribution in [0.3, 0.4) is 0 Å². The van der Waals surface area contributed by atoms with Gasteiger partial charge in [-0.15, -0.1) is 0 Å². The van der Waals surface area contributed by atoms with Gasteiger partial charge in [0, 0.05) is 12.0 Å². The zero-order chi connectivity index (χ0) is 14.4. The molecule has 3 N–H and O–H groups in total. The van der Waals surface area contributed by atoms with Crippen LogP contribution in [0.1, 0.15) is 18.4 Å². The summed E-state index contributed by atoms with van der Waals surface area (Å²) < 4.78 is 0. The molecule has 1 aromatic carbocycles. The average Bonchev–Trinajstić information content (AvgIpc) is 3.25. The van der Waals surface area contributed by atoms with Crippen LogP contribution in [0.4, 0.5) is 0 Å². The van der Waals surface area contributed by atoms with Crippen molar-refractivity contribution in [1.29, 1.82) is 0 Å². The maximum absolute atomic E-state index is 11.7. The molecule has 1 aliphatic rings. The second kappa shape index (κ2) is 6.52. The van der Waals surface area contributed by atoms with E-state index in [1.807, 2.05) is 30.3 Å². The first-order valence-corrected chi connectivity index (χ1v) is 6.82. The molecule has 5 heteroatoms. The first kappa shape index (κ1) is 14.5. The Bertz CT molecular complexity index is 469. The summed E-state index contributed by atoms with van der Waals surface area (Å²) in [6, 6.07) is 9.39. The van der Waals surface area contributed by atoms with Crippen LogP contribution in [0.25, 0.3) is 0 Å². The highest BCUT2D eigenvalue weighted by Crippen LogP contribution is 2.44. The van der Waals surface area contributed by atoms with E-state index in [4.69, 9.17) is 5.11 Å². The highest BCUT2D eigenvalue weighted by Gasteiger charge is 2.41. The van der Waals surface area contributed by atoms with Crippen molar-refractivity contribution in [3.63, 3.8) is 0 Å². The van der Waals surface area contributed by atoms with E-state index in [0.29, 0.717) is 6.54 Å². The number of rotatable bonds is 7. The predicted octanol–water partition coefficient (Wildman–Crippen LogP) is 0.234. The van der Waals surface area contributed by atoms with E-state index in [2.05, 4.69) is 10.6 Å². The quantitative estimate of drug-likeness (QED) is 0.667. The molecule has 108 valence electrons. The Morgan fingerprint density at radius 2 is 1.80 bits per heavy atom. The van der Waals surface area contributed by atoms with E-state index in [-0.39, 0.29) is 36.8 Å². The number of benzene rings is 1. The topological polar surface area (TPSA) is 78.4 Å². The lowest BCUT2D eigenvalue weighted by molar-refractivity contribution is -0.125. The molecular formula is C15H20N2O3. The van der Waals surface area contributed by atoms with Crippen molar-refractivity contribution in [1.82, 2.24) is 10.6 Å². The number of aliphatic hydroxyl groups is 1. The monoisotopic (exact) mass is 276 g/mol. The minimum atomic E-state index is -0.217. The molecule has 0 spiro atoms. The van der Waals surface area contributed by atoms with E-state index in [1.54, 1.807) is 0 Å². The van der Waals surface area contributed by atoms with Crippen LogP contribution < -0.4 is 10.6 Å². The number of aliphatic hydroxyl groups excluding tert-OH is 1. The fraction of sp³-hybridized carbons (Fsp3) is 0.467. The third-order valence-electron chi connectivity index (χ3n) is 3.61. The molecule has 20 heavy (non-hydrogen) atoms. The van der Waals surface area contributed by atoms with Crippen molar-refractivity contribution in [3.05, 3.63) is 35.9 Å². The molecule has 1 aliphatic carbocycles. The summed E-state index contributed by atoms with van der Waals surface area (Å²) in [6.07, 6.45) is 2.17. The molecule has 1 aromatic rings. The van der Waals surface area contributed by atoms with Crippen LogP contribution in [0.2, 0.25) is 0 Å². The van der Waals surface area contributed by atoms with Crippen LogP contribution in [-0.2, 0) is 16.0 Å². The number of amides is 2. The molecule has 0 radical (unpaired) electrons. The first-order chi connectivity index (χ1) is 9.63. The van der Waals surface area contributed by atoms with Gasteiger partial charge in [0.15, 0.2) is 0 Å². The fourth-order valence-corrected chi connectivity index (χ4v) is 1.94. The lowest BCUT2D eigenvalue weighted by Crippen LogP contribution is -2.40. The van der Waals surface area contributed by atoms with Crippen molar-refractivity contribution in [2.75, 3.05) is 19.7 Å². The van der Waals surface area contributed by atoms with Gasteiger partial charge in [0.25, 0.3) is 0 Å². The van der Waals surface area contributed by atoms with Gasteiger partial charge in [-0.25, -0.2) is 0 Å². The Kier molecular flexibility index (Phi) is 4.74. The molecule has 1 saturated carbocycles. The normalized spacial score (nSPS) is 15.4. The summed E-state index contributed by atoms with van der Waals surface area (Å²) in [6.45, 7) is 0.567. The highest BCUT2D eigenvalue weighted by molar-refractivity contribution is 5.85. The number of hydrogen-bond donors (Lipinski definition) is 3. The van der Waals surface area contributed by atoms with Crippen molar-refractivity contribution in [2.24, 2.45) is 5.41 Å². The van der Waals surface area contributed by atoms with Gasteiger partial charge in [-0.05, 0) is 18.4 Å². The van der Waals surface area contributed by atoms with E-state index in [0.717, 1.165) is 18.4 Å². The van der Waals surface area contributed by atoms with Crippen LogP contribution in [-0.4, -0.2) is 36.6 Å². The fourth-order valence-electron chi connectivity index (χ4n) is 1.94. The maximum atomic E-state index is 11.7. The zero-order valence-corrected chi connectivity index (χ0v) is 11.4. The van der Waals surface area contributed by atoms with Crippen molar-refractivity contribution >= 4 is 11.8 Å². The number of nitrogens with one attached hydrogen (secondary N) is 2. The molecule has 0 saturated heterocycles.